The molecule has 0 heterocycles. The summed E-state index contributed by atoms with van der Waals surface area (Å²) in [6.45, 7) is 11.1. The van der Waals surface area contributed by atoms with Crippen LogP contribution >= 0.6 is 0 Å². The molecule has 0 saturated heterocycles. The average molecular weight is 338 g/mol. The highest BCUT2D eigenvalue weighted by molar-refractivity contribution is 5.67. The number of hydrogen-bond donors (Lipinski definition) is 1. The molecule has 0 bridgehead atoms. The van der Waals surface area contributed by atoms with Crippen molar-refractivity contribution >= 4 is 6.09 Å². The number of benzene rings is 1. The molecule has 0 radical (unpaired) electrons. The Morgan fingerprint density at radius 2 is 2.00 bits per heavy atom. The Morgan fingerprint density at radius 1 is 1.33 bits per heavy atom. The van der Waals surface area contributed by atoms with Crippen LogP contribution in [0.5, 0.6) is 0 Å². The zero-order valence-corrected chi connectivity index (χ0v) is 15.7. The Balaban J connectivity index is 2.34. The minimum absolute atomic E-state index is 0.202. The lowest BCUT2D eigenvalue weighted by Crippen LogP contribution is -2.40. The topological polar surface area (TPSA) is 41.6 Å². The van der Waals surface area contributed by atoms with E-state index in [1.54, 1.807) is 24.1 Å². The Morgan fingerprint density at radius 3 is 2.58 bits per heavy atom. The number of carbonyl (C=O) groups excluding carboxylic acids is 1. The first-order valence-electron chi connectivity index (χ1n) is 8.48. The predicted octanol–water partition coefficient (Wildman–Crippen LogP) is 3.85. The minimum Gasteiger partial charge on any atom is -0.444 e. The van der Waals surface area contributed by atoms with E-state index in [2.05, 4.69) is 19.2 Å². The maximum Gasteiger partial charge on any atom is 0.410 e. The van der Waals surface area contributed by atoms with Crippen LogP contribution in [-0.4, -0.2) is 42.8 Å². The van der Waals surface area contributed by atoms with Gasteiger partial charge < -0.3 is 15.0 Å². The Hall–Kier alpha value is -1.62. The first kappa shape index (κ1) is 20.4. The summed E-state index contributed by atoms with van der Waals surface area (Å²) in [6, 6.07) is 6.92. The van der Waals surface area contributed by atoms with Crippen LogP contribution in [-0.2, 0) is 11.2 Å². The summed E-state index contributed by atoms with van der Waals surface area (Å²) in [5.41, 5.74) is 0.500. The summed E-state index contributed by atoms with van der Waals surface area (Å²) in [4.78, 5) is 13.6. The van der Waals surface area contributed by atoms with Gasteiger partial charge in [-0.1, -0.05) is 19.1 Å². The fourth-order valence-electron chi connectivity index (χ4n) is 2.44. The van der Waals surface area contributed by atoms with Crippen LogP contribution in [0.15, 0.2) is 24.3 Å². The Kier molecular flexibility index (Phi) is 7.67. The first-order valence-corrected chi connectivity index (χ1v) is 8.48. The standard InChI is InChI=1S/C19H31FN2O2/c1-14(13-22(6)18(23)24-19(3,4)5)12-21-15(2)10-16-8-7-9-17(20)11-16/h7-9,11,14-15,21H,10,12-13H2,1-6H3. The molecule has 136 valence electrons. The van der Waals surface area contributed by atoms with Crippen LogP contribution in [0.25, 0.3) is 0 Å². The molecule has 0 saturated carbocycles. The summed E-state index contributed by atoms with van der Waals surface area (Å²) in [5, 5.41) is 3.44. The molecule has 0 fully saturated rings. The van der Waals surface area contributed by atoms with E-state index in [1.165, 1.54) is 6.07 Å². The third kappa shape index (κ3) is 8.29. The van der Waals surface area contributed by atoms with E-state index in [9.17, 15) is 9.18 Å². The maximum absolute atomic E-state index is 13.2. The van der Waals surface area contributed by atoms with Crippen molar-refractivity contribution in [2.75, 3.05) is 20.1 Å². The number of carbonyl (C=O) groups is 1. The van der Waals surface area contributed by atoms with Crippen molar-refractivity contribution in [2.45, 2.75) is 52.7 Å². The third-order valence-corrected chi connectivity index (χ3v) is 3.54. The van der Waals surface area contributed by atoms with Gasteiger partial charge in [0.15, 0.2) is 0 Å². The molecule has 2 atom stereocenters. The predicted molar refractivity (Wildman–Crippen MR) is 95.6 cm³/mol. The molecule has 1 amide bonds. The van der Waals surface area contributed by atoms with Gasteiger partial charge in [0.2, 0.25) is 0 Å². The van der Waals surface area contributed by atoms with Crippen molar-refractivity contribution < 1.29 is 13.9 Å². The Labute approximate surface area is 145 Å². The SMILES string of the molecule is CC(CNC(C)Cc1cccc(F)c1)CN(C)C(=O)OC(C)(C)C. The number of ether oxygens (including phenoxy) is 1. The summed E-state index contributed by atoms with van der Waals surface area (Å²) in [5.74, 6) is 0.0875. The van der Waals surface area contributed by atoms with E-state index in [4.69, 9.17) is 4.74 Å². The lowest BCUT2D eigenvalue weighted by atomic mass is 10.1. The molecule has 1 aromatic carbocycles. The van der Waals surface area contributed by atoms with Crippen molar-refractivity contribution in [3.63, 3.8) is 0 Å². The number of hydrogen-bond acceptors (Lipinski definition) is 3. The van der Waals surface area contributed by atoms with E-state index in [-0.39, 0.29) is 23.9 Å². The molecule has 0 spiro atoms. The molecule has 0 aliphatic carbocycles. The van der Waals surface area contributed by atoms with Gasteiger partial charge in [0.05, 0.1) is 0 Å². The van der Waals surface area contributed by atoms with Crippen LogP contribution < -0.4 is 5.32 Å². The van der Waals surface area contributed by atoms with E-state index >= 15 is 0 Å². The largest absolute Gasteiger partial charge is 0.444 e. The smallest absolute Gasteiger partial charge is 0.410 e. The molecule has 0 aromatic heterocycles. The van der Waals surface area contributed by atoms with Crippen molar-refractivity contribution in [1.82, 2.24) is 10.2 Å². The second kappa shape index (κ2) is 9.02. The van der Waals surface area contributed by atoms with Crippen LogP contribution in [0.3, 0.4) is 0 Å². The molecule has 24 heavy (non-hydrogen) atoms. The van der Waals surface area contributed by atoms with Gasteiger partial charge >= 0.3 is 6.09 Å². The number of nitrogens with zero attached hydrogens (tertiary/aromatic N) is 1. The monoisotopic (exact) mass is 338 g/mol. The molecule has 1 aromatic rings. The normalized spacial score (nSPS) is 14.1. The quantitative estimate of drug-likeness (QED) is 0.821. The molecule has 5 heteroatoms. The van der Waals surface area contributed by atoms with Crippen LogP contribution in [0.2, 0.25) is 0 Å². The molecule has 4 nitrogen and oxygen atoms in total. The van der Waals surface area contributed by atoms with Crippen molar-refractivity contribution in [2.24, 2.45) is 5.92 Å². The van der Waals surface area contributed by atoms with Gasteiger partial charge in [-0.25, -0.2) is 9.18 Å². The second-order valence-electron chi connectivity index (χ2n) is 7.61. The lowest BCUT2D eigenvalue weighted by molar-refractivity contribution is 0.0276. The number of amides is 1. The molecule has 1 rings (SSSR count). The molecule has 1 N–H and O–H groups in total. The summed E-state index contributed by atoms with van der Waals surface area (Å²) < 4.78 is 18.5. The van der Waals surface area contributed by atoms with Crippen LogP contribution in [0.4, 0.5) is 9.18 Å². The number of rotatable bonds is 7. The lowest BCUT2D eigenvalue weighted by Gasteiger charge is -2.27. The van der Waals surface area contributed by atoms with Crippen molar-refractivity contribution in [3.8, 4) is 0 Å². The van der Waals surface area contributed by atoms with Gasteiger partial charge in [-0.05, 0) is 64.3 Å². The second-order valence-corrected chi connectivity index (χ2v) is 7.61. The first-order chi connectivity index (χ1) is 11.1. The highest BCUT2D eigenvalue weighted by Gasteiger charge is 2.20. The maximum atomic E-state index is 13.2. The van der Waals surface area contributed by atoms with Gasteiger partial charge in [-0.3, -0.25) is 0 Å². The van der Waals surface area contributed by atoms with Crippen LogP contribution in [0, 0.1) is 11.7 Å². The molecular weight excluding hydrogens is 307 g/mol. The highest BCUT2D eigenvalue weighted by Crippen LogP contribution is 2.10. The van der Waals surface area contributed by atoms with E-state index in [0.717, 1.165) is 18.5 Å². The molecule has 0 aliphatic heterocycles. The minimum atomic E-state index is -0.480. The van der Waals surface area contributed by atoms with Gasteiger partial charge in [0.25, 0.3) is 0 Å². The number of halogens is 1. The zero-order valence-electron chi connectivity index (χ0n) is 15.7. The van der Waals surface area contributed by atoms with E-state index in [1.807, 2.05) is 26.8 Å². The van der Waals surface area contributed by atoms with Gasteiger partial charge in [-0.15, -0.1) is 0 Å². The van der Waals surface area contributed by atoms with Crippen molar-refractivity contribution in [1.29, 1.82) is 0 Å². The molecular formula is C19H31FN2O2. The fraction of sp³-hybridized carbons (Fsp3) is 0.632. The average Bonchev–Trinajstić information content (AvgIpc) is 2.43. The summed E-state index contributed by atoms with van der Waals surface area (Å²) in [7, 11) is 1.75. The van der Waals surface area contributed by atoms with E-state index in [0.29, 0.717) is 6.54 Å². The third-order valence-electron chi connectivity index (χ3n) is 3.54. The zero-order chi connectivity index (χ0) is 18.3. The van der Waals surface area contributed by atoms with Crippen LogP contribution in [0.1, 0.15) is 40.2 Å². The number of nitrogens with one attached hydrogen (secondary N) is 1. The Bertz CT molecular complexity index is 528. The van der Waals surface area contributed by atoms with Gasteiger partial charge in [-0.2, -0.15) is 0 Å². The molecule has 2 unspecified atom stereocenters. The fourth-order valence-corrected chi connectivity index (χ4v) is 2.44. The van der Waals surface area contributed by atoms with Crippen molar-refractivity contribution in [3.05, 3.63) is 35.6 Å². The summed E-state index contributed by atoms with van der Waals surface area (Å²) in [6.07, 6.45) is 0.467. The van der Waals surface area contributed by atoms with Gasteiger partial charge in [0, 0.05) is 19.6 Å². The highest BCUT2D eigenvalue weighted by atomic mass is 19.1. The van der Waals surface area contributed by atoms with Gasteiger partial charge in [0.1, 0.15) is 11.4 Å². The molecule has 0 aliphatic rings. The summed E-state index contributed by atoms with van der Waals surface area (Å²) >= 11 is 0. The van der Waals surface area contributed by atoms with E-state index < -0.39 is 5.60 Å².